The molecule has 0 saturated carbocycles. The minimum absolute atomic E-state index is 0.179. The standard InChI is InChI=1S/C17H34N4/c1-6-7-9-12-20(5)16(18-4)19-15-17(2,3)21-13-10-8-11-14-21/h6H,1,7-15H2,2-5H3,(H,18,19). The molecular weight excluding hydrogens is 260 g/mol. The van der Waals surface area contributed by atoms with Crippen LogP contribution in [0.2, 0.25) is 0 Å². The van der Waals surface area contributed by atoms with Crippen molar-refractivity contribution in [2.45, 2.75) is 51.5 Å². The Morgan fingerprint density at radius 1 is 1.33 bits per heavy atom. The third-order valence-corrected chi connectivity index (χ3v) is 4.37. The first-order chi connectivity index (χ1) is 10.0. The molecule has 1 saturated heterocycles. The molecule has 0 unspecified atom stereocenters. The van der Waals surface area contributed by atoms with Crippen LogP contribution in [0.1, 0.15) is 46.0 Å². The van der Waals surface area contributed by atoms with Crippen LogP contribution < -0.4 is 5.32 Å². The number of aliphatic imine (C=N–C) groups is 1. The Hall–Kier alpha value is -1.03. The lowest BCUT2D eigenvalue weighted by Gasteiger charge is -2.41. The number of piperidine rings is 1. The molecule has 1 rings (SSSR count). The van der Waals surface area contributed by atoms with Crippen LogP contribution in [0.15, 0.2) is 17.6 Å². The molecular formula is C17H34N4. The van der Waals surface area contributed by atoms with Gasteiger partial charge in [0.25, 0.3) is 0 Å². The summed E-state index contributed by atoms with van der Waals surface area (Å²) in [5.41, 5.74) is 0.179. The van der Waals surface area contributed by atoms with Crippen LogP contribution in [0.3, 0.4) is 0 Å². The van der Waals surface area contributed by atoms with E-state index in [1.807, 2.05) is 13.1 Å². The lowest BCUT2D eigenvalue weighted by atomic mass is 9.98. The summed E-state index contributed by atoms with van der Waals surface area (Å²) in [5, 5.41) is 3.54. The van der Waals surface area contributed by atoms with Crippen molar-refractivity contribution in [2.75, 3.05) is 40.3 Å². The highest BCUT2D eigenvalue weighted by atomic mass is 15.3. The maximum absolute atomic E-state index is 4.40. The normalized spacial score (nSPS) is 17.6. The Kier molecular flexibility index (Phi) is 7.79. The van der Waals surface area contributed by atoms with E-state index >= 15 is 0 Å². The van der Waals surface area contributed by atoms with Gasteiger partial charge >= 0.3 is 0 Å². The third-order valence-electron chi connectivity index (χ3n) is 4.37. The second kappa shape index (κ2) is 9.08. The number of unbranched alkanes of at least 4 members (excludes halogenated alkanes) is 1. The molecule has 21 heavy (non-hydrogen) atoms. The number of nitrogens with one attached hydrogen (secondary N) is 1. The Morgan fingerprint density at radius 2 is 2.00 bits per heavy atom. The summed E-state index contributed by atoms with van der Waals surface area (Å²) in [6.07, 6.45) is 8.20. The van der Waals surface area contributed by atoms with Gasteiger partial charge in [0, 0.05) is 32.7 Å². The number of nitrogens with zero attached hydrogens (tertiary/aromatic N) is 3. The molecule has 0 aliphatic carbocycles. The van der Waals surface area contributed by atoms with Crippen LogP contribution in [0, 0.1) is 0 Å². The summed E-state index contributed by atoms with van der Waals surface area (Å²) in [7, 11) is 3.96. The van der Waals surface area contributed by atoms with E-state index in [0.717, 1.165) is 31.9 Å². The smallest absolute Gasteiger partial charge is 0.193 e. The lowest BCUT2D eigenvalue weighted by molar-refractivity contribution is 0.0977. The van der Waals surface area contributed by atoms with Gasteiger partial charge in [-0.15, -0.1) is 6.58 Å². The van der Waals surface area contributed by atoms with Crippen LogP contribution >= 0.6 is 0 Å². The predicted octanol–water partition coefficient (Wildman–Crippen LogP) is 2.72. The first-order valence-corrected chi connectivity index (χ1v) is 8.29. The number of hydrogen-bond acceptors (Lipinski definition) is 2. The van der Waals surface area contributed by atoms with Gasteiger partial charge in [-0.05, 0) is 52.6 Å². The molecule has 0 atom stereocenters. The molecule has 0 aromatic carbocycles. The van der Waals surface area contributed by atoms with Gasteiger partial charge in [0.2, 0.25) is 0 Å². The first kappa shape index (κ1) is 18.0. The molecule has 1 N–H and O–H groups in total. The highest BCUT2D eigenvalue weighted by Crippen LogP contribution is 2.19. The summed E-state index contributed by atoms with van der Waals surface area (Å²) in [6.45, 7) is 12.8. The van der Waals surface area contributed by atoms with Crippen LogP contribution in [-0.4, -0.2) is 61.6 Å². The molecule has 0 bridgehead atoms. The Balaban J connectivity index is 2.43. The van der Waals surface area contributed by atoms with E-state index in [2.05, 4.69) is 47.6 Å². The minimum Gasteiger partial charge on any atom is -0.354 e. The zero-order chi connectivity index (χ0) is 15.7. The molecule has 122 valence electrons. The monoisotopic (exact) mass is 294 g/mol. The Bertz CT molecular complexity index is 330. The largest absolute Gasteiger partial charge is 0.354 e. The summed E-state index contributed by atoms with van der Waals surface area (Å²) >= 11 is 0. The van der Waals surface area contributed by atoms with Crippen molar-refractivity contribution in [3.63, 3.8) is 0 Å². The van der Waals surface area contributed by atoms with Gasteiger partial charge in [-0.2, -0.15) is 0 Å². The molecule has 1 aliphatic rings. The number of guanidine groups is 1. The highest BCUT2D eigenvalue weighted by Gasteiger charge is 2.28. The molecule has 4 nitrogen and oxygen atoms in total. The lowest BCUT2D eigenvalue weighted by Crippen LogP contribution is -2.55. The Morgan fingerprint density at radius 3 is 2.57 bits per heavy atom. The Labute approximate surface area is 131 Å². The number of hydrogen-bond donors (Lipinski definition) is 1. The summed E-state index contributed by atoms with van der Waals surface area (Å²) < 4.78 is 0. The molecule has 1 heterocycles. The van der Waals surface area contributed by atoms with Gasteiger partial charge in [0.1, 0.15) is 0 Å². The first-order valence-electron chi connectivity index (χ1n) is 8.29. The number of rotatable bonds is 7. The molecule has 0 aromatic rings. The van der Waals surface area contributed by atoms with Crippen LogP contribution in [0.4, 0.5) is 0 Å². The zero-order valence-electron chi connectivity index (χ0n) is 14.5. The summed E-state index contributed by atoms with van der Waals surface area (Å²) in [6, 6.07) is 0. The van der Waals surface area contributed by atoms with Gasteiger partial charge in [-0.1, -0.05) is 12.5 Å². The van der Waals surface area contributed by atoms with E-state index in [0.29, 0.717) is 0 Å². The van der Waals surface area contributed by atoms with E-state index in [9.17, 15) is 0 Å². The van der Waals surface area contributed by atoms with Crippen molar-refractivity contribution in [2.24, 2.45) is 4.99 Å². The topological polar surface area (TPSA) is 30.9 Å². The molecule has 1 fully saturated rings. The van der Waals surface area contributed by atoms with Crippen LogP contribution in [-0.2, 0) is 0 Å². The van der Waals surface area contributed by atoms with Gasteiger partial charge in [-0.3, -0.25) is 9.89 Å². The quantitative estimate of drug-likeness (QED) is 0.339. The van der Waals surface area contributed by atoms with Gasteiger partial charge in [0.15, 0.2) is 5.96 Å². The van der Waals surface area contributed by atoms with Gasteiger partial charge in [-0.25, -0.2) is 0 Å². The van der Waals surface area contributed by atoms with E-state index in [1.165, 1.54) is 32.4 Å². The van der Waals surface area contributed by atoms with Crippen LogP contribution in [0.25, 0.3) is 0 Å². The molecule has 1 aliphatic heterocycles. The summed E-state index contributed by atoms with van der Waals surface area (Å²) in [4.78, 5) is 9.21. The summed E-state index contributed by atoms with van der Waals surface area (Å²) in [5.74, 6) is 0.990. The minimum atomic E-state index is 0.179. The maximum atomic E-state index is 4.40. The molecule has 0 radical (unpaired) electrons. The fraction of sp³-hybridized carbons (Fsp3) is 0.824. The fourth-order valence-electron chi connectivity index (χ4n) is 2.87. The molecule has 0 amide bonds. The SMILES string of the molecule is C=CCCCN(C)C(=NC)NCC(C)(C)N1CCCCC1. The number of likely N-dealkylation sites (tertiary alicyclic amines) is 1. The third kappa shape index (κ3) is 6.08. The van der Waals surface area contributed by atoms with Gasteiger partial charge < -0.3 is 10.2 Å². The molecule has 0 aromatic heterocycles. The fourth-order valence-corrected chi connectivity index (χ4v) is 2.87. The zero-order valence-corrected chi connectivity index (χ0v) is 14.5. The van der Waals surface area contributed by atoms with Crippen molar-refractivity contribution in [1.82, 2.24) is 15.1 Å². The van der Waals surface area contributed by atoms with E-state index in [4.69, 9.17) is 0 Å². The van der Waals surface area contributed by atoms with Crippen molar-refractivity contribution < 1.29 is 0 Å². The van der Waals surface area contributed by atoms with Crippen molar-refractivity contribution in [1.29, 1.82) is 0 Å². The van der Waals surface area contributed by atoms with E-state index in [1.54, 1.807) is 0 Å². The van der Waals surface area contributed by atoms with E-state index < -0.39 is 0 Å². The van der Waals surface area contributed by atoms with Crippen LogP contribution in [0.5, 0.6) is 0 Å². The molecule has 4 heteroatoms. The average molecular weight is 294 g/mol. The average Bonchev–Trinajstić information content (AvgIpc) is 2.49. The van der Waals surface area contributed by atoms with E-state index in [-0.39, 0.29) is 5.54 Å². The van der Waals surface area contributed by atoms with Gasteiger partial charge in [0.05, 0.1) is 0 Å². The number of allylic oxidation sites excluding steroid dienone is 1. The second-order valence-electron chi connectivity index (χ2n) is 6.61. The highest BCUT2D eigenvalue weighted by molar-refractivity contribution is 5.79. The maximum Gasteiger partial charge on any atom is 0.193 e. The van der Waals surface area contributed by atoms with Crippen molar-refractivity contribution in [3.8, 4) is 0 Å². The molecule has 0 spiro atoms. The predicted molar refractivity (Wildman–Crippen MR) is 92.9 cm³/mol. The van der Waals surface area contributed by atoms with Crippen molar-refractivity contribution >= 4 is 5.96 Å². The second-order valence-corrected chi connectivity index (χ2v) is 6.61. The van der Waals surface area contributed by atoms with Crippen molar-refractivity contribution in [3.05, 3.63) is 12.7 Å².